The van der Waals surface area contributed by atoms with E-state index in [-0.39, 0.29) is 18.1 Å². The van der Waals surface area contributed by atoms with Gasteiger partial charge in [-0.1, -0.05) is 0 Å². The molecule has 0 aromatic carbocycles. The fourth-order valence-corrected chi connectivity index (χ4v) is 5.54. The molecule has 0 radical (unpaired) electrons. The molecule has 3 aromatic heterocycles. The van der Waals surface area contributed by atoms with E-state index in [0.29, 0.717) is 25.1 Å². The standard InChI is InChI=1S/C20H20N4O2S2/c1-11-19(28-12(2)22-11)17-10-27-18(23-17)5-14-4-3-13(7-21-14)20(25)24-8-15-6-16(9-24)26-15/h3-4,7,10,15-16H,5-6,8-9H2,1-2H3/t15-,16+. The zero-order valence-electron chi connectivity index (χ0n) is 15.7. The molecule has 2 atom stereocenters. The third kappa shape index (κ3) is 3.36. The van der Waals surface area contributed by atoms with E-state index in [0.717, 1.165) is 38.4 Å². The van der Waals surface area contributed by atoms with Crippen molar-refractivity contribution in [3.05, 3.63) is 50.7 Å². The van der Waals surface area contributed by atoms with Gasteiger partial charge in [-0.05, 0) is 26.0 Å². The minimum atomic E-state index is 0.0459. The number of piperidine rings is 1. The van der Waals surface area contributed by atoms with Gasteiger partial charge in [0.2, 0.25) is 0 Å². The van der Waals surface area contributed by atoms with E-state index < -0.39 is 0 Å². The van der Waals surface area contributed by atoms with Gasteiger partial charge in [0.05, 0.1) is 44.1 Å². The number of carbonyl (C=O) groups excluding carboxylic acids is 1. The predicted molar refractivity (Wildman–Crippen MR) is 109 cm³/mol. The van der Waals surface area contributed by atoms with Crippen molar-refractivity contribution in [2.45, 2.75) is 38.9 Å². The molecule has 6 heterocycles. The van der Waals surface area contributed by atoms with Crippen LogP contribution in [0.15, 0.2) is 23.7 Å². The zero-order valence-corrected chi connectivity index (χ0v) is 17.3. The number of morpholine rings is 1. The maximum atomic E-state index is 12.6. The second kappa shape index (κ2) is 7.02. The average molecular weight is 413 g/mol. The summed E-state index contributed by atoms with van der Waals surface area (Å²) in [4.78, 5) is 29.4. The monoisotopic (exact) mass is 412 g/mol. The molecule has 28 heavy (non-hydrogen) atoms. The minimum Gasteiger partial charge on any atom is -0.371 e. The number of amides is 1. The van der Waals surface area contributed by atoms with Crippen LogP contribution in [-0.2, 0) is 11.2 Å². The number of fused-ring (bicyclic) bond motifs is 2. The van der Waals surface area contributed by atoms with Crippen LogP contribution in [0, 0.1) is 13.8 Å². The zero-order chi connectivity index (χ0) is 19.3. The summed E-state index contributed by atoms with van der Waals surface area (Å²) in [6.07, 6.45) is 3.87. The number of ether oxygens (including phenoxy) is 1. The first-order chi connectivity index (χ1) is 13.5. The fraction of sp³-hybridized carbons (Fsp3) is 0.400. The topological polar surface area (TPSA) is 68.2 Å². The van der Waals surface area contributed by atoms with Crippen LogP contribution in [0.3, 0.4) is 0 Å². The van der Waals surface area contributed by atoms with Crippen LogP contribution in [0.25, 0.3) is 10.6 Å². The molecule has 0 spiro atoms. The number of nitrogens with zero attached hydrogens (tertiary/aromatic N) is 4. The summed E-state index contributed by atoms with van der Waals surface area (Å²) in [5.41, 5.74) is 3.57. The van der Waals surface area contributed by atoms with E-state index in [1.165, 1.54) is 0 Å². The van der Waals surface area contributed by atoms with E-state index in [2.05, 4.69) is 15.3 Å². The van der Waals surface area contributed by atoms with Crippen LogP contribution in [0.2, 0.25) is 0 Å². The van der Waals surface area contributed by atoms with Crippen LogP contribution in [0.1, 0.15) is 38.2 Å². The fourth-order valence-electron chi connectivity index (χ4n) is 3.78. The first-order valence-electron chi connectivity index (χ1n) is 9.33. The van der Waals surface area contributed by atoms with Gasteiger partial charge in [0.15, 0.2) is 0 Å². The van der Waals surface area contributed by atoms with Gasteiger partial charge in [-0.2, -0.15) is 0 Å². The van der Waals surface area contributed by atoms with E-state index in [1.807, 2.05) is 30.9 Å². The first kappa shape index (κ1) is 17.9. The van der Waals surface area contributed by atoms with E-state index in [4.69, 9.17) is 9.72 Å². The Hall–Kier alpha value is -2.16. The van der Waals surface area contributed by atoms with Crippen molar-refractivity contribution in [2.75, 3.05) is 13.1 Å². The number of thiazole rings is 2. The summed E-state index contributed by atoms with van der Waals surface area (Å²) in [6, 6.07) is 3.80. The smallest absolute Gasteiger partial charge is 0.255 e. The van der Waals surface area contributed by atoms with Crippen molar-refractivity contribution in [1.82, 2.24) is 19.9 Å². The predicted octanol–water partition coefficient (Wildman–Crippen LogP) is 3.48. The second-order valence-corrected chi connectivity index (χ2v) is 9.46. The van der Waals surface area contributed by atoms with Crippen LogP contribution < -0.4 is 0 Å². The van der Waals surface area contributed by atoms with Crippen LogP contribution >= 0.6 is 22.7 Å². The van der Waals surface area contributed by atoms with E-state index in [1.54, 1.807) is 28.9 Å². The molecule has 8 heteroatoms. The second-order valence-electron chi connectivity index (χ2n) is 7.31. The Kier molecular flexibility index (Phi) is 4.49. The summed E-state index contributed by atoms with van der Waals surface area (Å²) < 4.78 is 5.60. The summed E-state index contributed by atoms with van der Waals surface area (Å²) in [5.74, 6) is 0.0459. The maximum absolute atomic E-state index is 12.6. The molecule has 144 valence electrons. The third-order valence-corrected chi connectivity index (χ3v) is 7.08. The lowest BCUT2D eigenvalue weighted by molar-refractivity contribution is -0.171. The van der Waals surface area contributed by atoms with Gasteiger partial charge < -0.3 is 9.64 Å². The normalized spacial score (nSPS) is 20.9. The van der Waals surface area contributed by atoms with Crippen molar-refractivity contribution >= 4 is 28.6 Å². The Morgan fingerprint density at radius 1 is 1.25 bits per heavy atom. The molecule has 2 bridgehead atoms. The number of hydrogen-bond acceptors (Lipinski definition) is 7. The Labute approximate surface area is 171 Å². The lowest BCUT2D eigenvalue weighted by Gasteiger charge is -2.46. The molecule has 3 fully saturated rings. The van der Waals surface area contributed by atoms with Crippen molar-refractivity contribution in [1.29, 1.82) is 0 Å². The van der Waals surface area contributed by atoms with E-state index in [9.17, 15) is 4.79 Å². The molecule has 3 aromatic rings. The van der Waals surface area contributed by atoms with Gasteiger partial charge in [0.25, 0.3) is 5.91 Å². The molecule has 3 aliphatic heterocycles. The molecule has 0 aliphatic carbocycles. The molecular formula is C20H20N4O2S2. The van der Waals surface area contributed by atoms with Crippen LogP contribution in [0.5, 0.6) is 0 Å². The Balaban J connectivity index is 1.26. The lowest BCUT2D eigenvalue weighted by atomic mass is 9.98. The van der Waals surface area contributed by atoms with Gasteiger partial charge >= 0.3 is 0 Å². The van der Waals surface area contributed by atoms with Crippen LogP contribution in [0.4, 0.5) is 0 Å². The van der Waals surface area contributed by atoms with Crippen molar-refractivity contribution in [3.63, 3.8) is 0 Å². The molecule has 0 saturated carbocycles. The number of rotatable bonds is 4. The summed E-state index contributed by atoms with van der Waals surface area (Å²) in [6.45, 7) is 5.42. The summed E-state index contributed by atoms with van der Waals surface area (Å²) in [7, 11) is 0. The Morgan fingerprint density at radius 2 is 2.04 bits per heavy atom. The Morgan fingerprint density at radius 3 is 2.68 bits per heavy atom. The SMILES string of the molecule is Cc1nc(C)c(-c2csc(Cc3ccc(C(=O)N4C[C@H]5C[C@@H](C4)O5)cn3)n2)s1. The number of aromatic nitrogens is 3. The highest BCUT2D eigenvalue weighted by Crippen LogP contribution is 2.31. The van der Waals surface area contributed by atoms with Crippen molar-refractivity contribution in [3.8, 4) is 10.6 Å². The molecule has 1 amide bonds. The number of pyridine rings is 1. The highest BCUT2D eigenvalue weighted by Gasteiger charge is 2.40. The summed E-state index contributed by atoms with van der Waals surface area (Å²) in [5, 5.41) is 4.15. The summed E-state index contributed by atoms with van der Waals surface area (Å²) >= 11 is 3.31. The Bertz CT molecular complexity index is 1010. The number of carbonyl (C=O) groups is 1. The van der Waals surface area contributed by atoms with Gasteiger partial charge in [0, 0.05) is 43.2 Å². The number of aryl methyl sites for hydroxylation is 2. The first-order valence-corrected chi connectivity index (χ1v) is 11.0. The molecular weight excluding hydrogens is 392 g/mol. The van der Waals surface area contributed by atoms with Gasteiger partial charge in [-0.25, -0.2) is 9.97 Å². The molecule has 0 unspecified atom stereocenters. The van der Waals surface area contributed by atoms with Crippen molar-refractivity contribution in [2.24, 2.45) is 0 Å². The highest BCUT2D eigenvalue weighted by molar-refractivity contribution is 7.15. The molecule has 6 rings (SSSR count). The van der Waals surface area contributed by atoms with E-state index >= 15 is 0 Å². The van der Waals surface area contributed by atoms with Gasteiger partial charge in [-0.15, -0.1) is 22.7 Å². The largest absolute Gasteiger partial charge is 0.371 e. The third-order valence-electron chi connectivity index (χ3n) is 5.14. The van der Waals surface area contributed by atoms with Gasteiger partial charge in [-0.3, -0.25) is 9.78 Å². The quantitative estimate of drug-likeness (QED) is 0.656. The van der Waals surface area contributed by atoms with Gasteiger partial charge in [0.1, 0.15) is 0 Å². The molecule has 6 nitrogen and oxygen atoms in total. The highest BCUT2D eigenvalue weighted by atomic mass is 32.1. The molecule has 0 N–H and O–H groups in total. The van der Waals surface area contributed by atoms with Crippen LogP contribution in [-0.4, -0.2) is 51.1 Å². The average Bonchev–Trinajstić information content (AvgIpc) is 3.27. The number of hydrogen-bond donors (Lipinski definition) is 0. The van der Waals surface area contributed by atoms with Crippen molar-refractivity contribution < 1.29 is 9.53 Å². The molecule has 3 aliphatic rings. The lowest BCUT2D eigenvalue weighted by Crippen LogP contribution is -2.58. The minimum absolute atomic E-state index is 0.0459. The molecule has 3 saturated heterocycles. The maximum Gasteiger partial charge on any atom is 0.255 e.